The van der Waals surface area contributed by atoms with Crippen LogP contribution in [0.5, 0.6) is 0 Å². The molecule has 1 heterocycles. The van der Waals surface area contributed by atoms with Gasteiger partial charge in [0.15, 0.2) is 0 Å². The molecule has 1 aromatic rings. The summed E-state index contributed by atoms with van der Waals surface area (Å²) >= 11 is 5.61. The summed E-state index contributed by atoms with van der Waals surface area (Å²) in [5, 5.41) is 22.5. The third-order valence-corrected chi connectivity index (χ3v) is 2.73. The Labute approximate surface area is 133 Å². The van der Waals surface area contributed by atoms with Crippen molar-refractivity contribution in [3.05, 3.63) is 17.0 Å². The minimum absolute atomic E-state index is 0.0363. The summed E-state index contributed by atoms with van der Waals surface area (Å²) in [5.74, 6) is -0.0563. The summed E-state index contributed by atoms with van der Waals surface area (Å²) < 4.78 is 5.05. The Morgan fingerprint density at radius 2 is 2.14 bits per heavy atom. The van der Waals surface area contributed by atoms with Crippen LogP contribution in [0.4, 0.5) is 10.6 Å². The predicted octanol–water partition coefficient (Wildman–Crippen LogP) is 1.02. The van der Waals surface area contributed by atoms with E-state index in [-0.39, 0.29) is 29.6 Å². The van der Waals surface area contributed by atoms with E-state index in [1.807, 2.05) is 0 Å². The maximum absolute atomic E-state index is 11.4. The molecule has 8 nitrogen and oxygen atoms in total. The highest BCUT2D eigenvalue weighted by atomic mass is 35.5. The molecule has 0 spiro atoms. The first-order chi connectivity index (χ1) is 10.1. The number of aliphatic hydroxyl groups excluding tert-OH is 2. The van der Waals surface area contributed by atoms with Crippen LogP contribution >= 0.6 is 11.6 Å². The van der Waals surface area contributed by atoms with Gasteiger partial charge in [0.1, 0.15) is 28.4 Å². The van der Waals surface area contributed by atoms with Crippen LogP contribution in [0.3, 0.4) is 0 Å². The highest BCUT2D eigenvalue weighted by Gasteiger charge is 2.23. The van der Waals surface area contributed by atoms with Crippen molar-refractivity contribution < 1.29 is 19.7 Å². The Hall–Kier alpha value is -1.64. The monoisotopic (exact) mass is 332 g/mol. The second kappa shape index (κ2) is 7.57. The van der Waals surface area contributed by atoms with Gasteiger partial charge in [-0.05, 0) is 27.2 Å². The first kappa shape index (κ1) is 18.4. The van der Waals surface area contributed by atoms with Crippen LogP contribution < -0.4 is 11.1 Å². The molecule has 0 aliphatic heterocycles. The minimum atomic E-state index is -1.33. The molecule has 124 valence electrons. The van der Waals surface area contributed by atoms with Gasteiger partial charge in [-0.25, -0.2) is 9.78 Å². The van der Waals surface area contributed by atoms with Gasteiger partial charge in [-0.2, -0.15) is 0 Å². The fraction of sp³-hybridized carbons (Fsp3) is 0.615. The van der Waals surface area contributed by atoms with E-state index in [4.69, 9.17) is 22.1 Å². The van der Waals surface area contributed by atoms with Crippen LogP contribution in [-0.4, -0.2) is 44.5 Å². The third-order valence-electron chi connectivity index (χ3n) is 2.55. The van der Waals surface area contributed by atoms with Crippen LogP contribution in [0.1, 0.15) is 39.0 Å². The van der Waals surface area contributed by atoms with Gasteiger partial charge in [0.2, 0.25) is 0 Å². The summed E-state index contributed by atoms with van der Waals surface area (Å²) in [7, 11) is 0. The molecule has 1 aromatic heterocycles. The molecule has 0 saturated heterocycles. The van der Waals surface area contributed by atoms with Gasteiger partial charge < -0.3 is 26.0 Å². The smallest absolute Gasteiger partial charge is 0.407 e. The number of ether oxygens (including phenoxy) is 1. The lowest BCUT2D eigenvalue weighted by atomic mass is 10.1. The quantitative estimate of drug-likeness (QED) is 0.633. The highest BCUT2D eigenvalue weighted by Crippen LogP contribution is 2.22. The molecule has 0 fully saturated rings. The number of rotatable bonds is 5. The van der Waals surface area contributed by atoms with Gasteiger partial charge in [-0.1, -0.05) is 11.6 Å². The normalized spacial score (nSPS) is 14.3. The molecular weight excluding hydrogens is 312 g/mol. The molecule has 0 radical (unpaired) electrons. The van der Waals surface area contributed by atoms with Crippen molar-refractivity contribution in [1.82, 2.24) is 15.3 Å². The van der Waals surface area contributed by atoms with E-state index in [9.17, 15) is 15.0 Å². The Morgan fingerprint density at radius 1 is 1.50 bits per heavy atom. The van der Waals surface area contributed by atoms with Crippen molar-refractivity contribution in [3.8, 4) is 0 Å². The maximum atomic E-state index is 11.4. The molecule has 5 N–H and O–H groups in total. The zero-order valence-corrected chi connectivity index (χ0v) is 13.5. The molecule has 0 aliphatic carbocycles. The first-order valence-corrected chi connectivity index (χ1v) is 7.09. The molecule has 0 saturated carbocycles. The average Bonchev–Trinajstić information content (AvgIpc) is 2.35. The molecule has 0 bridgehead atoms. The second-order valence-electron chi connectivity index (χ2n) is 5.69. The van der Waals surface area contributed by atoms with Gasteiger partial charge >= 0.3 is 6.09 Å². The number of nitrogens with zero attached hydrogens (tertiary/aromatic N) is 2. The third kappa shape index (κ3) is 6.00. The molecule has 1 amide bonds. The number of amides is 1. The molecule has 22 heavy (non-hydrogen) atoms. The number of anilines is 1. The van der Waals surface area contributed by atoms with Gasteiger partial charge in [0.25, 0.3) is 0 Å². The van der Waals surface area contributed by atoms with Crippen LogP contribution in [0.25, 0.3) is 0 Å². The van der Waals surface area contributed by atoms with Crippen LogP contribution in [0, 0.1) is 0 Å². The van der Waals surface area contributed by atoms with Gasteiger partial charge in [-0.15, -0.1) is 0 Å². The molecule has 2 atom stereocenters. The van der Waals surface area contributed by atoms with Crippen molar-refractivity contribution >= 4 is 23.5 Å². The van der Waals surface area contributed by atoms with Crippen molar-refractivity contribution in [2.75, 3.05) is 12.3 Å². The standard InChI is InChI=1S/C13H21ClN4O4/c1-13(2,3)22-12(21)16-5-4-7(19)10(20)9-11(15)18-8(14)6-17-9/h6-7,10,19-20H,4-5H2,1-3H3,(H2,15,18)(H,16,21). The lowest BCUT2D eigenvalue weighted by Crippen LogP contribution is -2.34. The Morgan fingerprint density at radius 3 is 2.68 bits per heavy atom. The highest BCUT2D eigenvalue weighted by molar-refractivity contribution is 6.29. The molecule has 0 aromatic carbocycles. The van der Waals surface area contributed by atoms with Crippen molar-refractivity contribution in [1.29, 1.82) is 0 Å². The number of hydrogen-bond donors (Lipinski definition) is 4. The summed E-state index contributed by atoms with van der Waals surface area (Å²) in [4.78, 5) is 19.0. The second-order valence-corrected chi connectivity index (χ2v) is 6.08. The largest absolute Gasteiger partial charge is 0.444 e. The first-order valence-electron chi connectivity index (χ1n) is 6.71. The molecule has 1 rings (SSSR count). The number of carbonyl (C=O) groups excluding carboxylic acids is 1. The van der Waals surface area contributed by atoms with Crippen LogP contribution in [-0.2, 0) is 4.74 Å². The number of halogens is 1. The zero-order chi connectivity index (χ0) is 16.9. The number of hydrogen-bond acceptors (Lipinski definition) is 7. The number of nitrogens with one attached hydrogen (secondary N) is 1. The van der Waals surface area contributed by atoms with Crippen molar-refractivity contribution in [2.24, 2.45) is 0 Å². The summed E-state index contributed by atoms with van der Waals surface area (Å²) in [6, 6.07) is 0. The van der Waals surface area contributed by atoms with Crippen molar-refractivity contribution in [2.45, 2.75) is 45.0 Å². The minimum Gasteiger partial charge on any atom is -0.444 e. The SMILES string of the molecule is CC(C)(C)OC(=O)NCCC(O)C(O)c1ncc(Cl)nc1N. The van der Waals surface area contributed by atoms with E-state index in [0.29, 0.717) is 0 Å². The van der Waals surface area contributed by atoms with E-state index < -0.39 is 23.9 Å². The van der Waals surface area contributed by atoms with Gasteiger partial charge in [-0.3, -0.25) is 4.98 Å². The number of alkyl carbamates (subject to hydrolysis) is 1. The summed E-state index contributed by atoms with van der Waals surface area (Å²) in [6.45, 7) is 5.35. The molecule has 9 heteroatoms. The van der Waals surface area contributed by atoms with Crippen LogP contribution in [0.15, 0.2) is 6.20 Å². The summed E-state index contributed by atoms with van der Waals surface area (Å²) in [6.07, 6.45) is -1.79. The Balaban J connectivity index is 2.48. The Kier molecular flexibility index (Phi) is 6.34. The fourth-order valence-electron chi connectivity index (χ4n) is 1.59. The van der Waals surface area contributed by atoms with E-state index in [2.05, 4.69) is 15.3 Å². The topological polar surface area (TPSA) is 131 Å². The number of nitrogen functional groups attached to an aromatic ring is 1. The number of carbonyl (C=O) groups is 1. The molecule has 2 unspecified atom stereocenters. The lowest BCUT2D eigenvalue weighted by molar-refractivity contribution is 0.0102. The number of aromatic nitrogens is 2. The van der Waals surface area contributed by atoms with E-state index in [1.54, 1.807) is 20.8 Å². The van der Waals surface area contributed by atoms with E-state index in [1.165, 1.54) is 6.20 Å². The lowest BCUT2D eigenvalue weighted by Gasteiger charge is -2.21. The maximum Gasteiger partial charge on any atom is 0.407 e. The van der Waals surface area contributed by atoms with E-state index in [0.717, 1.165) is 0 Å². The van der Waals surface area contributed by atoms with Gasteiger partial charge in [0.05, 0.1) is 12.3 Å². The zero-order valence-electron chi connectivity index (χ0n) is 12.7. The summed E-state index contributed by atoms with van der Waals surface area (Å²) in [5.41, 5.74) is 5.02. The molecule has 0 aliphatic rings. The fourth-order valence-corrected chi connectivity index (χ4v) is 1.73. The predicted molar refractivity (Wildman–Crippen MR) is 81.3 cm³/mol. The number of nitrogens with two attached hydrogens (primary N) is 1. The Bertz CT molecular complexity index is 521. The van der Waals surface area contributed by atoms with Crippen molar-refractivity contribution in [3.63, 3.8) is 0 Å². The van der Waals surface area contributed by atoms with E-state index >= 15 is 0 Å². The van der Waals surface area contributed by atoms with Crippen LogP contribution in [0.2, 0.25) is 5.15 Å². The average molecular weight is 333 g/mol. The number of aliphatic hydroxyl groups is 2. The van der Waals surface area contributed by atoms with Gasteiger partial charge in [0, 0.05) is 6.54 Å². The molecular formula is C13H21ClN4O4.